The highest BCUT2D eigenvalue weighted by Crippen LogP contribution is 2.36. The minimum absolute atomic E-state index is 0.0249. The van der Waals surface area contributed by atoms with Crippen molar-refractivity contribution in [1.82, 2.24) is 5.32 Å². The Balaban J connectivity index is 2.10. The van der Waals surface area contributed by atoms with E-state index in [1.165, 1.54) is 16.7 Å². The van der Waals surface area contributed by atoms with Crippen LogP contribution in [0.25, 0.3) is 0 Å². The Labute approximate surface area is 109 Å². The summed E-state index contributed by atoms with van der Waals surface area (Å²) in [5.74, 6) is 0.426. The first-order chi connectivity index (χ1) is 8.61. The third kappa shape index (κ3) is 2.72. The summed E-state index contributed by atoms with van der Waals surface area (Å²) in [6.07, 6.45) is 1.04. The molecule has 2 atom stereocenters. The number of amides is 1. The summed E-state index contributed by atoms with van der Waals surface area (Å²) < 4.78 is 5.14. The van der Waals surface area contributed by atoms with Gasteiger partial charge in [0.05, 0.1) is 6.04 Å². The molecule has 0 saturated heterocycles. The maximum atomic E-state index is 11.8. The van der Waals surface area contributed by atoms with Crippen molar-refractivity contribution in [3.8, 4) is 0 Å². The molecule has 3 nitrogen and oxygen atoms in total. The molecule has 0 unspecified atom stereocenters. The first-order valence-corrected chi connectivity index (χ1v) is 6.58. The molecule has 0 heterocycles. The van der Waals surface area contributed by atoms with Crippen molar-refractivity contribution < 1.29 is 9.53 Å². The first-order valence-electron chi connectivity index (χ1n) is 6.58. The molecule has 1 amide bonds. The number of benzene rings is 1. The fourth-order valence-electron chi connectivity index (χ4n) is 2.59. The SMILES string of the molecule is CCOCC(=O)N[C@H]1c2cc(C)ccc2C[C@@H]1C. The van der Waals surface area contributed by atoms with Crippen molar-refractivity contribution in [1.29, 1.82) is 0 Å². The number of fused-ring (bicyclic) bond motifs is 1. The topological polar surface area (TPSA) is 38.3 Å². The Hall–Kier alpha value is -1.35. The molecule has 0 spiro atoms. The second kappa shape index (κ2) is 5.53. The summed E-state index contributed by atoms with van der Waals surface area (Å²) in [7, 11) is 0. The van der Waals surface area contributed by atoms with Crippen LogP contribution in [-0.4, -0.2) is 19.1 Å². The number of hydrogen-bond donors (Lipinski definition) is 1. The summed E-state index contributed by atoms with van der Waals surface area (Å²) >= 11 is 0. The van der Waals surface area contributed by atoms with E-state index < -0.39 is 0 Å². The largest absolute Gasteiger partial charge is 0.372 e. The maximum Gasteiger partial charge on any atom is 0.246 e. The number of carbonyl (C=O) groups excluding carboxylic acids is 1. The van der Waals surface area contributed by atoms with Crippen molar-refractivity contribution in [2.75, 3.05) is 13.2 Å². The number of ether oxygens (including phenoxy) is 1. The number of hydrogen-bond acceptors (Lipinski definition) is 2. The van der Waals surface area contributed by atoms with Crippen molar-refractivity contribution in [2.24, 2.45) is 5.92 Å². The molecule has 0 fully saturated rings. The van der Waals surface area contributed by atoms with Crippen LogP contribution in [0.1, 0.15) is 36.6 Å². The Kier molecular flexibility index (Phi) is 4.02. The van der Waals surface area contributed by atoms with Gasteiger partial charge in [-0.2, -0.15) is 0 Å². The van der Waals surface area contributed by atoms with Gasteiger partial charge >= 0.3 is 0 Å². The van der Waals surface area contributed by atoms with E-state index in [4.69, 9.17) is 4.74 Å². The van der Waals surface area contributed by atoms with Gasteiger partial charge in [0.1, 0.15) is 6.61 Å². The van der Waals surface area contributed by atoms with Crippen LogP contribution >= 0.6 is 0 Å². The van der Waals surface area contributed by atoms with Gasteiger partial charge in [-0.05, 0) is 37.3 Å². The van der Waals surface area contributed by atoms with E-state index in [9.17, 15) is 4.79 Å². The van der Waals surface area contributed by atoms with Gasteiger partial charge in [-0.3, -0.25) is 4.79 Å². The van der Waals surface area contributed by atoms with Crippen molar-refractivity contribution in [2.45, 2.75) is 33.2 Å². The highest BCUT2D eigenvalue weighted by Gasteiger charge is 2.30. The molecule has 0 bridgehead atoms. The van der Waals surface area contributed by atoms with E-state index in [0.29, 0.717) is 12.5 Å². The zero-order valence-corrected chi connectivity index (χ0v) is 11.3. The molecule has 1 aliphatic carbocycles. The first kappa shape index (κ1) is 13.1. The van der Waals surface area contributed by atoms with Gasteiger partial charge in [-0.15, -0.1) is 0 Å². The molecular formula is C15H21NO2. The summed E-state index contributed by atoms with van der Waals surface area (Å²) in [5, 5.41) is 3.08. The second-order valence-corrected chi connectivity index (χ2v) is 5.07. The monoisotopic (exact) mass is 247 g/mol. The minimum atomic E-state index is -0.0249. The van der Waals surface area contributed by atoms with Gasteiger partial charge in [-0.25, -0.2) is 0 Å². The summed E-state index contributed by atoms with van der Waals surface area (Å²) in [5.41, 5.74) is 3.87. The summed E-state index contributed by atoms with van der Waals surface area (Å²) in [4.78, 5) is 11.8. The van der Waals surface area contributed by atoms with Gasteiger partial charge < -0.3 is 10.1 Å². The maximum absolute atomic E-state index is 11.8. The Morgan fingerprint density at radius 2 is 2.28 bits per heavy atom. The zero-order chi connectivity index (χ0) is 13.1. The Bertz CT molecular complexity index is 442. The Morgan fingerprint density at radius 3 is 3.00 bits per heavy atom. The van der Waals surface area contributed by atoms with Gasteiger partial charge in [0.15, 0.2) is 0 Å². The molecule has 0 aromatic heterocycles. The van der Waals surface area contributed by atoms with Crippen LogP contribution in [-0.2, 0) is 16.0 Å². The Morgan fingerprint density at radius 1 is 1.50 bits per heavy atom. The molecule has 0 radical (unpaired) electrons. The van der Waals surface area contributed by atoms with E-state index >= 15 is 0 Å². The number of nitrogens with one attached hydrogen (secondary N) is 1. The minimum Gasteiger partial charge on any atom is -0.372 e. The predicted octanol–water partition coefficient (Wildman–Crippen LogP) is 2.38. The molecule has 0 aliphatic heterocycles. The van der Waals surface area contributed by atoms with Crippen LogP contribution in [0.4, 0.5) is 0 Å². The van der Waals surface area contributed by atoms with Gasteiger partial charge in [0, 0.05) is 6.61 Å². The predicted molar refractivity (Wildman–Crippen MR) is 71.4 cm³/mol. The van der Waals surface area contributed by atoms with Crippen LogP contribution < -0.4 is 5.32 Å². The number of carbonyl (C=O) groups is 1. The lowest BCUT2D eigenvalue weighted by Gasteiger charge is -2.19. The fourth-order valence-corrected chi connectivity index (χ4v) is 2.59. The lowest BCUT2D eigenvalue weighted by molar-refractivity contribution is -0.126. The lowest BCUT2D eigenvalue weighted by atomic mass is 10.0. The molecular weight excluding hydrogens is 226 g/mol. The van der Waals surface area contributed by atoms with Crippen LogP contribution in [0, 0.1) is 12.8 Å². The average molecular weight is 247 g/mol. The normalized spacial score (nSPS) is 21.7. The van der Waals surface area contributed by atoms with E-state index in [-0.39, 0.29) is 18.6 Å². The second-order valence-electron chi connectivity index (χ2n) is 5.07. The van der Waals surface area contributed by atoms with E-state index in [1.807, 2.05) is 6.92 Å². The third-order valence-corrected chi connectivity index (χ3v) is 3.50. The number of aryl methyl sites for hydroxylation is 1. The zero-order valence-electron chi connectivity index (χ0n) is 11.3. The van der Waals surface area contributed by atoms with Crippen LogP contribution in [0.5, 0.6) is 0 Å². The molecule has 1 aromatic carbocycles. The highest BCUT2D eigenvalue weighted by molar-refractivity contribution is 5.78. The quantitative estimate of drug-likeness (QED) is 0.887. The molecule has 1 aliphatic rings. The van der Waals surface area contributed by atoms with Crippen LogP contribution in [0.3, 0.4) is 0 Å². The van der Waals surface area contributed by atoms with Gasteiger partial charge in [0.25, 0.3) is 0 Å². The third-order valence-electron chi connectivity index (χ3n) is 3.50. The van der Waals surface area contributed by atoms with E-state index in [0.717, 1.165) is 6.42 Å². The molecule has 1 aromatic rings. The molecule has 18 heavy (non-hydrogen) atoms. The fraction of sp³-hybridized carbons (Fsp3) is 0.533. The molecule has 1 N–H and O–H groups in total. The van der Waals surface area contributed by atoms with E-state index in [1.54, 1.807) is 0 Å². The summed E-state index contributed by atoms with van der Waals surface area (Å²) in [6.45, 7) is 6.89. The summed E-state index contributed by atoms with van der Waals surface area (Å²) in [6, 6.07) is 6.63. The van der Waals surface area contributed by atoms with Gasteiger partial charge in [-0.1, -0.05) is 30.7 Å². The highest BCUT2D eigenvalue weighted by atomic mass is 16.5. The van der Waals surface area contributed by atoms with Crippen molar-refractivity contribution in [3.63, 3.8) is 0 Å². The standard InChI is InChI=1S/C15H21NO2/c1-4-18-9-14(17)16-15-11(3)8-12-6-5-10(2)7-13(12)15/h5-7,11,15H,4,8-9H2,1-3H3,(H,16,17)/t11-,15+/m0/s1. The van der Waals surface area contributed by atoms with Crippen molar-refractivity contribution >= 4 is 5.91 Å². The smallest absolute Gasteiger partial charge is 0.246 e. The average Bonchev–Trinajstić information content (AvgIpc) is 2.63. The molecule has 3 heteroatoms. The lowest BCUT2D eigenvalue weighted by Crippen LogP contribution is -2.33. The molecule has 0 saturated carbocycles. The van der Waals surface area contributed by atoms with Crippen LogP contribution in [0.2, 0.25) is 0 Å². The number of rotatable bonds is 4. The van der Waals surface area contributed by atoms with Gasteiger partial charge in [0.2, 0.25) is 5.91 Å². The molecule has 2 rings (SSSR count). The van der Waals surface area contributed by atoms with E-state index in [2.05, 4.69) is 37.4 Å². The van der Waals surface area contributed by atoms with Crippen molar-refractivity contribution in [3.05, 3.63) is 34.9 Å². The molecule has 98 valence electrons. The van der Waals surface area contributed by atoms with Crippen LogP contribution in [0.15, 0.2) is 18.2 Å².